The lowest BCUT2D eigenvalue weighted by Gasteiger charge is -2.25. The molecule has 0 aliphatic heterocycles. The molecule has 1 saturated carbocycles. The first-order valence-corrected chi connectivity index (χ1v) is 10.5. The van der Waals surface area contributed by atoms with Gasteiger partial charge in [0.1, 0.15) is 5.69 Å². The van der Waals surface area contributed by atoms with E-state index >= 15 is 0 Å². The molecule has 0 spiro atoms. The summed E-state index contributed by atoms with van der Waals surface area (Å²) in [5, 5.41) is 5.04. The van der Waals surface area contributed by atoms with Gasteiger partial charge in [-0.15, -0.1) is 11.3 Å². The number of thiophene rings is 1. The summed E-state index contributed by atoms with van der Waals surface area (Å²) < 4.78 is 8.51. The molecule has 3 heterocycles. The lowest BCUT2D eigenvalue weighted by atomic mass is 9.95. The molecular formula is C21H23N3O3S. The van der Waals surface area contributed by atoms with Gasteiger partial charge in [-0.2, -0.15) is 0 Å². The van der Waals surface area contributed by atoms with E-state index in [9.17, 15) is 9.59 Å². The highest BCUT2D eigenvalue weighted by molar-refractivity contribution is 7.17. The predicted molar refractivity (Wildman–Crippen MR) is 108 cm³/mol. The molecular weight excluding hydrogens is 374 g/mol. The fourth-order valence-electron chi connectivity index (χ4n) is 3.74. The van der Waals surface area contributed by atoms with E-state index in [0.29, 0.717) is 11.3 Å². The molecule has 1 amide bonds. The monoisotopic (exact) mass is 397 g/mol. The van der Waals surface area contributed by atoms with Crippen LogP contribution in [0.2, 0.25) is 0 Å². The molecule has 146 valence electrons. The molecule has 4 rings (SSSR count). The Balaban J connectivity index is 1.56. The minimum absolute atomic E-state index is 0.138. The molecule has 7 heteroatoms. The summed E-state index contributed by atoms with van der Waals surface area (Å²) >= 11 is 1.57. The zero-order chi connectivity index (χ0) is 19.5. The first-order chi connectivity index (χ1) is 13.6. The lowest BCUT2D eigenvalue weighted by molar-refractivity contribution is -0.131. The fraction of sp³-hybridized carbons (Fsp3) is 0.381. The molecule has 6 nitrogen and oxygen atoms in total. The smallest absolute Gasteiger partial charge is 0.356 e. The Morgan fingerprint density at radius 3 is 2.82 bits per heavy atom. The number of aryl methyl sites for hydroxylation is 1. The second-order valence-corrected chi connectivity index (χ2v) is 8.12. The van der Waals surface area contributed by atoms with Crippen molar-refractivity contribution < 1.29 is 14.3 Å². The molecule has 1 aliphatic carbocycles. The van der Waals surface area contributed by atoms with Gasteiger partial charge in [0.05, 0.1) is 10.2 Å². The highest BCUT2D eigenvalue weighted by atomic mass is 32.1. The molecule has 3 aromatic heterocycles. The summed E-state index contributed by atoms with van der Waals surface area (Å²) in [5.41, 5.74) is 1.97. The maximum Gasteiger partial charge on any atom is 0.356 e. The van der Waals surface area contributed by atoms with Crippen LogP contribution in [0.1, 0.15) is 54.3 Å². The van der Waals surface area contributed by atoms with E-state index in [1.54, 1.807) is 40.4 Å². The van der Waals surface area contributed by atoms with Crippen LogP contribution in [0.25, 0.3) is 10.2 Å². The molecule has 1 atom stereocenters. The fourth-order valence-corrected chi connectivity index (χ4v) is 4.59. The maximum absolute atomic E-state index is 13.0. The Morgan fingerprint density at radius 2 is 2.11 bits per heavy atom. The van der Waals surface area contributed by atoms with Crippen molar-refractivity contribution in [2.45, 2.75) is 44.2 Å². The van der Waals surface area contributed by atoms with Crippen LogP contribution in [-0.4, -0.2) is 27.5 Å². The molecule has 1 N–H and O–H groups in total. The van der Waals surface area contributed by atoms with Gasteiger partial charge < -0.3 is 14.6 Å². The number of pyridine rings is 1. The van der Waals surface area contributed by atoms with E-state index in [1.807, 2.05) is 24.6 Å². The molecule has 0 saturated heterocycles. The summed E-state index contributed by atoms with van der Waals surface area (Å²) in [6.45, 7) is 0. The Kier molecular flexibility index (Phi) is 5.43. The van der Waals surface area contributed by atoms with Crippen molar-refractivity contribution in [3.05, 3.63) is 53.3 Å². The van der Waals surface area contributed by atoms with E-state index in [2.05, 4.69) is 10.3 Å². The van der Waals surface area contributed by atoms with Crippen molar-refractivity contribution in [1.82, 2.24) is 14.9 Å². The summed E-state index contributed by atoms with van der Waals surface area (Å²) in [6.07, 6.45) is 7.55. The van der Waals surface area contributed by atoms with Crippen LogP contribution in [0.3, 0.4) is 0 Å². The Labute approximate surface area is 167 Å². The number of esters is 1. The highest BCUT2D eigenvalue weighted by Gasteiger charge is 2.29. The quantitative estimate of drug-likeness (QED) is 0.661. The van der Waals surface area contributed by atoms with Crippen LogP contribution in [0, 0.1) is 0 Å². The number of aromatic nitrogens is 2. The molecule has 0 aromatic carbocycles. The summed E-state index contributed by atoms with van der Waals surface area (Å²) in [5.74, 6) is -0.803. The van der Waals surface area contributed by atoms with Crippen LogP contribution in [0.4, 0.5) is 0 Å². The number of carbonyl (C=O) groups is 2. The molecule has 0 radical (unpaired) electrons. The van der Waals surface area contributed by atoms with Crippen molar-refractivity contribution in [3.8, 4) is 0 Å². The molecule has 0 bridgehead atoms. The van der Waals surface area contributed by atoms with Crippen molar-refractivity contribution in [1.29, 1.82) is 0 Å². The van der Waals surface area contributed by atoms with Crippen molar-refractivity contribution in [2.24, 2.45) is 7.05 Å². The number of rotatable bonds is 5. The first kappa shape index (κ1) is 18.7. The van der Waals surface area contributed by atoms with Gasteiger partial charge >= 0.3 is 5.97 Å². The number of amides is 1. The highest BCUT2D eigenvalue weighted by Crippen LogP contribution is 2.27. The minimum Gasteiger partial charge on any atom is -0.443 e. The van der Waals surface area contributed by atoms with Crippen molar-refractivity contribution in [3.63, 3.8) is 0 Å². The van der Waals surface area contributed by atoms with E-state index < -0.39 is 12.1 Å². The number of fused-ring (bicyclic) bond motifs is 1. The number of nitrogens with zero attached hydrogens (tertiary/aromatic N) is 2. The molecule has 28 heavy (non-hydrogen) atoms. The summed E-state index contributed by atoms with van der Waals surface area (Å²) in [7, 11) is 1.83. The van der Waals surface area contributed by atoms with Crippen LogP contribution in [-0.2, 0) is 16.6 Å². The van der Waals surface area contributed by atoms with E-state index in [4.69, 9.17) is 4.74 Å². The zero-order valence-corrected chi connectivity index (χ0v) is 16.6. The summed E-state index contributed by atoms with van der Waals surface area (Å²) in [6, 6.07) is 7.41. The van der Waals surface area contributed by atoms with Gasteiger partial charge in [-0.05, 0) is 36.4 Å². The van der Waals surface area contributed by atoms with Gasteiger partial charge in [0.25, 0.3) is 5.91 Å². The number of carbonyl (C=O) groups excluding carboxylic acids is 2. The van der Waals surface area contributed by atoms with Crippen LogP contribution in [0.5, 0.6) is 0 Å². The number of hydrogen-bond donors (Lipinski definition) is 1. The summed E-state index contributed by atoms with van der Waals surface area (Å²) in [4.78, 5) is 29.9. The Bertz CT molecular complexity index is 973. The van der Waals surface area contributed by atoms with Gasteiger partial charge in [-0.25, -0.2) is 4.79 Å². The van der Waals surface area contributed by atoms with Crippen LogP contribution >= 0.6 is 11.3 Å². The van der Waals surface area contributed by atoms with Gasteiger partial charge in [0.2, 0.25) is 6.10 Å². The van der Waals surface area contributed by atoms with Gasteiger partial charge in [-0.3, -0.25) is 9.78 Å². The first-order valence-electron chi connectivity index (χ1n) is 9.57. The average Bonchev–Trinajstić information content (AvgIpc) is 3.30. The zero-order valence-electron chi connectivity index (χ0n) is 15.8. The third-order valence-corrected chi connectivity index (χ3v) is 6.13. The Morgan fingerprint density at radius 1 is 1.29 bits per heavy atom. The van der Waals surface area contributed by atoms with Crippen LogP contribution < -0.4 is 5.32 Å². The number of ether oxygens (including phenoxy) is 1. The maximum atomic E-state index is 13.0. The average molecular weight is 398 g/mol. The molecule has 0 unspecified atom stereocenters. The SMILES string of the molecule is Cn1c(C(=O)O[C@@H](C(=O)NC2CCCCC2)c2cccnc2)cc2sccc21. The normalized spacial score (nSPS) is 16.0. The molecule has 1 fully saturated rings. The van der Waals surface area contributed by atoms with Gasteiger partial charge in [-0.1, -0.05) is 25.3 Å². The Hall–Kier alpha value is -2.67. The topological polar surface area (TPSA) is 73.2 Å². The van der Waals surface area contributed by atoms with Crippen LogP contribution in [0.15, 0.2) is 42.0 Å². The second-order valence-electron chi connectivity index (χ2n) is 7.17. The van der Waals surface area contributed by atoms with Gasteiger partial charge in [0, 0.05) is 31.0 Å². The van der Waals surface area contributed by atoms with Crippen molar-refractivity contribution >= 4 is 33.4 Å². The number of hydrogen-bond acceptors (Lipinski definition) is 5. The third kappa shape index (κ3) is 3.80. The third-order valence-electron chi connectivity index (χ3n) is 5.27. The molecule has 3 aromatic rings. The largest absolute Gasteiger partial charge is 0.443 e. The van der Waals surface area contributed by atoms with Crippen molar-refractivity contribution in [2.75, 3.05) is 0 Å². The molecule has 1 aliphatic rings. The van der Waals surface area contributed by atoms with E-state index in [0.717, 1.165) is 35.9 Å². The second kappa shape index (κ2) is 8.14. The minimum atomic E-state index is -1.02. The van der Waals surface area contributed by atoms with E-state index in [1.165, 1.54) is 6.42 Å². The lowest BCUT2D eigenvalue weighted by Crippen LogP contribution is -2.40. The standard InChI is InChI=1S/C21H23N3O3S/c1-24-16-9-11-28-18(16)12-17(24)21(26)27-19(14-6-5-10-22-13-14)20(25)23-15-7-3-2-4-8-15/h5-6,9-13,15,19H,2-4,7-8H2,1H3,(H,23,25)/t19-/m1/s1. The predicted octanol–water partition coefficient (Wildman–Crippen LogP) is 3.98. The number of nitrogens with one attached hydrogen (secondary N) is 1. The van der Waals surface area contributed by atoms with E-state index in [-0.39, 0.29) is 11.9 Å². The van der Waals surface area contributed by atoms with Gasteiger partial charge in [0.15, 0.2) is 0 Å².